The molecule has 0 radical (unpaired) electrons. The van der Waals surface area contributed by atoms with Gasteiger partial charge in [-0.15, -0.1) is 0 Å². The van der Waals surface area contributed by atoms with E-state index in [0.29, 0.717) is 36.0 Å². The first-order valence-electron chi connectivity index (χ1n) is 11.0. The van der Waals surface area contributed by atoms with Crippen LogP contribution < -0.4 is 20.1 Å². The summed E-state index contributed by atoms with van der Waals surface area (Å²) in [6, 6.07) is 13.1. The maximum absolute atomic E-state index is 13.2. The lowest BCUT2D eigenvalue weighted by Crippen LogP contribution is -2.48. The number of sulfone groups is 1. The first-order valence-corrected chi connectivity index (χ1v) is 12.8. The van der Waals surface area contributed by atoms with Crippen molar-refractivity contribution in [2.75, 3.05) is 30.0 Å². The summed E-state index contributed by atoms with van der Waals surface area (Å²) in [5, 5.41) is 5.41. The number of carbonyl (C=O) groups excluding carboxylic acids is 3. The zero-order valence-electron chi connectivity index (χ0n) is 18.7. The number of anilines is 1. The Hall–Kier alpha value is -3.40. The molecule has 2 amide bonds. The zero-order valence-corrected chi connectivity index (χ0v) is 19.5. The second-order valence-electron chi connectivity index (χ2n) is 8.79. The molecule has 2 aromatic rings. The highest BCUT2D eigenvalue weighted by Crippen LogP contribution is 2.33. The lowest BCUT2D eigenvalue weighted by Gasteiger charge is -2.25. The topological polar surface area (TPSA) is 128 Å². The van der Waals surface area contributed by atoms with E-state index in [1.807, 2.05) is 0 Å². The van der Waals surface area contributed by atoms with Crippen LogP contribution in [-0.4, -0.2) is 56.3 Å². The molecule has 9 nitrogen and oxygen atoms in total. The van der Waals surface area contributed by atoms with Crippen LogP contribution in [0.15, 0.2) is 48.5 Å². The number of hydrogen-bond acceptors (Lipinski definition) is 7. The van der Waals surface area contributed by atoms with Gasteiger partial charge in [0.15, 0.2) is 27.1 Å². The second-order valence-corrected chi connectivity index (χ2v) is 11.0. The van der Waals surface area contributed by atoms with E-state index >= 15 is 0 Å². The van der Waals surface area contributed by atoms with Crippen molar-refractivity contribution >= 4 is 33.1 Å². The van der Waals surface area contributed by atoms with Crippen LogP contribution in [0.25, 0.3) is 0 Å². The summed E-state index contributed by atoms with van der Waals surface area (Å²) in [5.41, 5.74) is -0.232. The van der Waals surface area contributed by atoms with Crippen molar-refractivity contribution in [1.29, 1.82) is 0 Å². The van der Waals surface area contributed by atoms with Gasteiger partial charge in [0.1, 0.15) is 19.1 Å². The van der Waals surface area contributed by atoms with Crippen molar-refractivity contribution in [1.82, 2.24) is 5.32 Å². The average Bonchev–Trinajstić information content (AvgIpc) is 3.09. The summed E-state index contributed by atoms with van der Waals surface area (Å²) in [6.07, 6.45) is -0.137. The van der Waals surface area contributed by atoms with Crippen LogP contribution in [0.1, 0.15) is 30.1 Å². The van der Waals surface area contributed by atoms with Crippen LogP contribution in [0.3, 0.4) is 0 Å². The van der Waals surface area contributed by atoms with Gasteiger partial charge in [-0.25, -0.2) is 8.42 Å². The molecule has 4 rings (SSSR count). The van der Waals surface area contributed by atoms with E-state index in [-0.39, 0.29) is 17.9 Å². The van der Waals surface area contributed by atoms with Crippen molar-refractivity contribution in [2.45, 2.75) is 25.3 Å². The van der Waals surface area contributed by atoms with E-state index in [1.54, 1.807) is 55.5 Å². The standard InChI is InChI=1S/C24H26N2O7S/c1-24(9-12-34(30,31)15-24)26-21(27)14-18(22(28)16-5-3-2-4-6-16)23(29)25-17-7-8-19-20(13-17)33-11-10-32-19/h2-8,13,18H,9-12,14-15H2,1H3,(H,25,29)(H,26,27)/t18-,24-/m1/s1. The average molecular weight is 487 g/mol. The smallest absolute Gasteiger partial charge is 0.235 e. The number of nitrogens with one attached hydrogen (secondary N) is 2. The molecule has 0 unspecified atom stereocenters. The van der Waals surface area contributed by atoms with Gasteiger partial charge in [0.05, 0.1) is 17.0 Å². The molecule has 0 saturated carbocycles. The normalized spacial score (nSPS) is 21.3. The highest BCUT2D eigenvalue weighted by Gasteiger charge is 2.40. The lowest BCUT2D eigenvalue weighted by molar-refractivity contribution is -0.127. The van der Waals surface area contributed by atoms with Gasteiger partial charge in [0.2, 0.25) is 11.8 Å². The van der Waals surface area contributed by atoms with Gasteiger partial charge < -0.3 is 20.1 Å². The molecular weight excluding hydrogens is 460 g/mol. The first-order chi connectivity index (χ1) is 16.1. The molecule has 2 aliphatic rings. The Morgan fingerprint density at radius 3 is 2.41 bits per heavy atom. The Bertz CT molecular complexity index is 1210. The van der Waals surface area contributed by atoms with E-state index in [4.69, 9.17) is 9.47 Å². The number of amides is 2. The monoisotopic (exact) mass is 486 g/mol. The predicted octanol–water partition coefficient (Wildman–Crippen LogP) is 1.98. The minimum Gasteiger partial charge on any atom is -0.486 e. The number of fused-ring (bicyclic) bond motifs is 1. The van der Waals surface area contributed by atoms with Gasteiger partial charge in [-0.05, 0) is 25.5 Å². The minimum atomic E-state index is -3.24. The predicted molar refractivity (Wildman–Crippen MR) is 125 cm³/mol. The van der Waals surface area contributed by atoms with Gasteiger partial charge in [-0.2, -0.15) is 0 Å². The molecule has 2 aromatic carbocycles. The Morgan fingerprint density at radius 1 is 1.03 bits per heavy atom. The molecule has 0 spiro atoms. The van der Waals surface area contributed by atoms with Crippen molar-refractivity contribution in [2.24, 2.45) is 5.92 Å². The molecular formula is C24H26N2O7S. The number of rotatable bonds is 7. The molecule has 2 aliphatic heterocycles. The Kier molecular flexibility index (Phi) is 6.60. The summed E-state index contributed by atoms with van der Waals surface area (Å²) < 4.78 is 34.7. The molecule has 1 saturated heterocycles. The molecule has 180 valence electrons. The molecule has 34 heavy (non-hydrogen) atoms. The van der Waals surface area contributed by atoms with E-state index in [1.165, 1.54) is 0 Å². The van der Waals surface area contributed by atoms with E-state index in [9.17, 15) is 22.8 Å². The minimum absolute atomic E-state index is 0.0131. The highest BCUT2D eigenvalue weighted by atomic mass is 32.2. The molecule has 1 fully saturated rings. The Morgan fingerprint density at radius 2 is 1.74 bits per heavy atom. The lowest BCUT2D eigenvalue weighted by atomic mass is 9.92. The van der Waals surface area contributed by atoms with Crippen LogP contribution in [0, 0.1) is 5.92 Å². The largest absolute Gasteiger partial charge is 0.486 e. The Balaban J connectivity index is 1.52. The van der Waals surface area contributed by atoms with Crippen LogP contribution in [0.4, 0.5) is 5.69 Å². The SMILES string of the molecule is C[C@@]1(NC(=O)C[C@@H](C(=O)Nc2ccc3c(c2)OCCO3)C(=O)c2ccccc2)CCS(=O)(=O)C1. The highest BCUT2D eigenvalue weighted by molar-refractivity contribution is 7.91. The number of benzene rings is 2. The fourth-order valence-corrected chi connectivity index (χ4v) is 6.23. The maximum Gasteiger partial charge on any atom is 0.235 e. The zero-order chi connectivity index (χ0) is 24.3. The van der Waals surface area contributed by atoms with Gasteiger partial charge in [-0.3, -0.25) is 14.4 Å². The third kappa shape index (κ3) is 5.56. The van der Waals surface area contributed by atoms with Crippen molar-refractivity contribution < 1.29 is 32.3 Å². The van der Waals surface area contributed by atoms with E-state index < -0.39 is 45.3 Å². The summed E-state index contributed by atoms with van der Waals surface area (Å²) in [4.78, 5) is 39.2. The molecule has 2 N–H and O–H groups in total. The third-order valence-electron chi connectivity index (χ3n) is 5.84. The molecule has 0 aliphatic carbocycles. The molecule has 2 heterocycles. The van der Waals surface area contributed by atoms with Crippen molar-refractivity contribution in [3.63, 3.8) is 0 Å². The summed E-state index contributed by atoms with van der Waals surface area (Å²) in [7, 11) is -3.24. The number of ketones is 1. The number of hydrogen-bond donors (Lipinski definition) is 2. The quantitative estimate of drug-likeness (QED) is 0.452. The summed E-state index contributed by atoms with van der Waals surface area (Å²) in [5.74, 6) is -2.18. The summed E-state index contributed by atoms with van der Waals surface area (Å²) in [6.45, 7) is 2.47. The van der Waals surface area contributed by atoms with Gasteiger partial charge in [0, 0.05) is 23.7 Å². The fourth-order valence-electron chi connectivity index (χ4n) is 4.14. The van der Waals surface area contributed by atoms with Crippen molar-refractivity contribution in [3.05, 3.63) is 54.1 Å². The van der Waals surface area contributed by atoms with Crippen molar-refractivity contribution in [3.8, 4) is 11.5 Å². The van der Waals surface area contributed by atoms with Crippen LogP contribution >= 0.6 is 0 Å². The molecule has 0 aromatic heterocycles. The molecule has 2 atom stereocenters. The third-order valence-corrected chi connectivity index (χ3v) is 7.74. The van der Waals surface area contributed by atoms with Crippen LogP contribution in [0.5, 0.6) is 11.5 Å². The number of Topliss-reactive ketones (excluding diaryl/α,β-unsaturated/α-hetero) is 1. The first kappa shape index (κ1) is 23.7. The summed E-state index contributed by atoms with van der Waals surface area (Å²) >= 11 is 0. The maximum atomic E-state index is 13.2. The fraction of sp³-hybridized carbons (Fsp3) is 0.375. The van der Waals surface area contributed by atoms with Crippen LogP contribution in [0.2, 0.25) is 0 Å². The molecule has 10 heteroatoms. The number of carbonyl (C=O) groups is 3. The molecule has 0 bridgehead atoms. The van der Waals surface area contributed by atoms with Crippen LogP contribution in [-0.2, 0) is 19.4 Å². The van der Waals surface area contributed by atoms with Gasteiger partial charge in [0.25, 0.3) is 0 Å². The van der Waals surface area contributed by atoms with E-state index in [2.05, 4.69) is 10.6 Å². The van der Waals surface area contributed by atoms with Gasteiger partial charge in [-0.1, -0.05) is 30.3 Å². The second kappa shape index (κ2) is 9.46. The Labute approximate surface area is 197 Å². The van der Waals surface area contributed by atoms with E-state index in [0.717, 1.165) is 0 Å². The van der Waals surface area contributed by atoms with Gasteiger partial charge >= 0.3 is 0 Å². The number of ether oxygens (including phenoxy) is 2.